The second kappa shape index (κ2) is 7.18. The van der Waals surface area contributed by atoms with E-state index in [4.69, 9.17) is 27.6 Å². The number of rotatable bonds is 5. The minimum absolute atomic E-state index is 0.0984. The Hall–Kier alpha value is -1.62. The Morgan fingerprint density at radius 1 is 1.54 bits per heavy atom. The molecule has 12 heteroatoms. The third kappa shape index (κ3) is 3.73. The van der Waals surface area contributed by atoms with E-state index in [1.807, 2.05) is 0 Å². The number of ether oxygens (including phenoxy) is 1. The molecule has 10 nitrogen and oxygen atoms in total. The summed E-state index contributed by atoms with van der Waals surface area (Å²) >= 11 is 5.11. The van der Waals surface area contributed by atoms with Crippen molar-refractivity contribution in [3.8, 4) is 0 Å². The van der Waals surface area contributed by atoms with E-state index >= 15 is 0 Å². The van der Waals surface area contributed by atoms with Crippen LogP contribution in [0.5, 0.6) is 0 Å². The maximum Gasteiger partial charge on any atom is 0.437 e. The highest BCUT2D eigenvalue weighted by Crippen LogP contribution is 2.45. The van der Waals surface area contributed by atoms with Crippen LogP contribution in [0.15, 0.2) is 28.5 Å². The lowest BCUT2D eigenvalue weighted by molar-refractivity contribution is -0.0269. The van der Waals surface area contributed by atoms with Gasteiger partial charge in [-0.25, -0.2) is 18.9 Å². The monoisotopic (exact) mass is 400 g/mol. The molecule has 0 radical (unpaired) electrons. The highest BCUT2D eigenvalue weighted by atomic mass is 32.1. The summed E-state index contributed by atoms with van der Waals surface area (Å²) in [6.07, 6.45) is 3.62. The van der Waals surface area contributed by atoms with Gasteiger partial charge in [0.25, 0.3) is 5.56 Å². The van der Waals surface area contributed by atoms with Gasteiger partial charge in [0, 0.05) is 36.6 Å². The van der Waals surface area contributed by atoms with Crippen molar-refractivity contribution in [1.82, 2.24) is 18.9 Å². The smallest absolute Gasteiger partial charge is 0.437 e. The molecule has 0 spiro atoms. The van der Waals surface area contributed by atoms with E-state index in [2.05, 4.69) is 9.97 Å². The van der Waals surface area contributed by atoms with E-state index in [1.165, 1.54) is 12.4 Å². The Morgan fingerprint density at radius 3 is 2.92 bits per heavy atom. The van der Waals surface area contributed by atoms with Gasteiger partial charge in [-0.2, -0.15) is 0 Å². The maximum atomic E-state index is 12.3. The first-order valence-electron chi connectivity index (χ1n) is 7.85. The van der Waals surface area contributed by atoms with E-state index in [9.17, 15) is 14.3 Å². The summed E-state index contributed by atoms with van der Waals surface area (Å²) in [5.41, 5.74) is 6.13. The molecule has 26 heavy (non-hydrogen) atoms. The highest BCUT2D eigenvalue weighted by Gasteiger charge is 2.36. The number of nitrogens with zero attached hydrogens (tertiary/aromatic N) is 4. The van der Waals surface area contributed by atoms with Crippen LogP contribution in [0.3, 0.4) is 0 Å². The van der Waals surface area contributed by atoms with Gasteiger partial charge < -0.3 is 32.6 Å². The van der Waals surface area contributed by atoms with Gasteiger partial charge in [-0.15, -0.1) is 0 Å². The summed E-state index contributed by atoms with van der Waals surface area (Å²) < 4.78 is 26.0. The van der Waals surface area contributed by atoms with Crippen LogP contribution in [0, 0.1) is 13.8 Å². The van der Waals surface area contributed by atoms with Gasteiger partial charge in [-0.1, -0.05) is 0 Å². The first kappa shape index (κ1) is 19.2. The van der Waals surface area contributed by atoms with Crippen LogP contribution < -0.4 is 11.3 Å². The third-order valence-corrected chi connectivity index (χ3v) is 5.92. The number of imidazole rings is 1. The van der Waals surface area contributed by atoms with E-state index in [0.29, 0.717) is 17.8 Å². The largest absolute Gasteiger partial charge is 0.742 e. The van der Waals surface area contributed by atoms with E-state index < -0.39 is 26.1 Å². The van der Waals surface area contributed by atoms with Crippen molar-refractivity contribution in [2.75, 3.05) is 6.61 Å². The lowest BCUT2D eigenvalue weighted by Crippen LogP contribution is -2.33. The van der Waals surface area contributed by atoms with Crippen molar-refractivity contribution in [1.29, 1.82) is 0 Å². The lowest BCUT2D eigenvalue weighted by Gasteiger charge is -2.23. The quantitative estimate of drug-likeness (QED) is 0.411. The Morgan fingerprint density at radius 2 is 2.27 bits per heavy atom. The molecule has 3 heterocycles. The van der Waals surface area contributed by atoms with E-state index in [-0.39, 0.29) is 17.3 Å². The molecule has 0 bridgehead atoms. The summed E-state index contributed by atoms with van der Waals surface area (Å²) in [6.45, 7) is 3.05. The highest BCUT2D eigenvalue weighted by molar-refractivity contribution is 7.58. The fourth-order valence-corrected chi connectivity index (χ4v) is 4.08. The Labute approximate surface area is 155 Å². The van der Waals surface area contributed by atoms with Gasteiger partial charge in [-0.3, -0.25) is 9.32 Å². The zero-order valence-electron chi connectivity index (χ0n) is 14.2. The maximum absolute atomic E-state index is 12.3. The van der Waals surface area contributed by atoms with Gasteiger partial charge in [0.2, 0.25) is 0 Å². The van der Waals surface area contributed by atoms with Crippen molar-refractivity contribution >= 4 is 20.4 Å². The Kier molecular flexibility index (Phi) is 5.29. The molecule has 2 aromatic rings. The topological polar surface area (TPSA) is 134 Å². The summed E-state index contributed by atoms with van der Waals surface area (Å²) in [6, 6.07) is -0.432. The van der Waals surface area contributed by atoms with Crippen LogP contribution >= 0.6 is 7.75 Å². The number of nitrogens with two attached hydrogens (primary N) is 1. The molecule has 3 N–H and O–H groups in total. The first-order chi connectivity index (χ1) is 12.2. The molecule has 2 aromatic heterocycles. The van der Waals surface area contributed by atoms with Crippen molar-refractivity contribution in [2.24, 2.45) is 5.73 Å². The van der Waals surface area contributed by atoms with Crippen LogP contribution in [0.4, 0.5) is 0 Å². The average Bonchev–Trinajstić information content (AvgIpc) is 3.15. The summed E-state index contributed by atoms with van der Waals surface area (Å²) in [4.78, 5) is 29.3. The first-order valence-corrected chi connectivity index (χ1v) is 9.79. The molecule has 0 aliphatic carbocycles. The second-order valence-corrected chi connectivity index (χ2v) is 8.09. The molecule has 1 saturated heterocycles. The second-order valence-electron chi connectivity index (χ2n) is 6.05. The molecule has 1 unspecified atom stereocenters. The number of hydrogen-bond acceptors (Lipinski definition) is 8. The van der Waals surface area contributed by atoms with E-state index in [1.54, 1.807) is 24.6 Å². The van der Waals surface area contributed by atoms with Crippen LogP contribution in [0.2, 0.25) is 0 Å². The molecule has 0 aromatic carbocycles. The van der Waals surface area contributed by atoms with Gasteiger partial charge in [0.1, 0.15) is 12.1 Å². The zero-order valence-corrected chi connectivity index (χ0v) is 15.9. The Bertz CT molecular complexity index is 915. The minimum atomic E-state index is -4.09. The van der Waals surface area contributed by atoms with Gasteiger partial charge >= 0.3 is 7.75 Å². The number of aryl methyl sites for hydroxylation is 2. The van der Waals surface area contributed by atoms with Crippen LogP contribution in [-0.2, 0) is 26.5 Å². The van der Waals surface area contributed by atoms with Gasteiger partial charge in [0.05, 0.1) is 12.7 Å². The fourth-order valence-electron chi connectivity index (χ4n) is 2.71. The summed E-state index contributed by atoms with van der Waals surface area (Å²) in [5, 5.41) is 0.0984. The number of aromatic nitrogens is 4. The van der Waals surface area contributed by atoms with Crippen molar-refractivity contribution in [2.45, 2.75) is 43.8 Å². The molecule has 0 amide bonds. The standard InChI is InChI=1S/C14H20N5O5PS/c1-8-6-18(14(26)17-13(8)20)12-5-10(15)11(24-12)7-23-25(21,22)19-4-3-16-9(19)2/h3-4,6,10-12H,5,7,15H2,1-2H3,(H,21,22)(H,17,20,26)/p-1/t10-,11+,12+/m0/s1. The van der Waals surface area contributed by atoms with Gasteiger partial charge in [-0.05, 0) is 19.0 Å². The van der Waals surface area contributed by atoms with Crippen LogP contribution in [0.1, 0.15) is 24.0 Å². The predicted molar refractivity (Wildman–Crippen MR) is 93.5 cm³/mol. The van der Waals surface area contributed by atoms with Crippen molar-refractivity contribution in [3.05, 3.63) is 40.3 Å². The Balaban J connectivity index is 1.70. The SMILES string of the molecule is Cc1cn([C@H]2C[C@H](N)[C@@H](COP(=O)(O)n3ccnc3C)O2)c([S-])nc1=O. The van der Waals surface area contributed by atoms with E-state index in [0.717, 1.165) is 4.34 Å². The molecular formula is C14H19N5O5PS-. The van der Waals surface area contributed by atoms with Gasteiger partial charge in [0.15, 0.2) is 0 Å². The normalized spacial score (nSPS) is 25.3. The summed E-state index contributed by atoms with van der Waals surface area (Å²) in [5.74, 6) is 0.357. The fraction of sp³-hybridized carbons (Fsp3) is 0.500. The van der Waals surface area contributed by atoms with Crippen molar-refractivity contribution in [3.63, 3.8) is 0 Å². The molecule has 142 valence electrons. The van der Waals surface area contributed by atoms with Crippen molar-refractivity contribution < 1.29 is 18.7 Å². The average molecular weight is 400 g/mol. The molecule has 0 saturated carbocycles. The zero-order chi connectivity index (χ0) is 19.1. The molecule has 1 aliphatic rings. The third-order valence-electron chi connectivity index (χ3n) is 4.16. The molecule has 4 atom stereocenters. The molecule has 1 aliphatic heterocycles. The molecule has 1 fully saturated rings. The summed E-state index contributed by atoms with van der Waals surface area (Å²) in [7, 11) is -4.09. The van der Waals surface area contributed by atoms with Crippen LogP contribution in [-0.4, -0.2) is 42.5 Å². The molecule has 3 rings (SSSR count). The van der Waals surface area contributed by atoms with Crippen LogP contribution in [0.25, 0.3) is 0 Å². The lowest BCUT2D eigenvalue weighted by atomic mass is 10.1. The minimum Gasteiger partial charge on any atom is -0.742 e. The predicted octanol–water partition coefficient (Wildman–Crippen LogP) is 0.243. The molecular weight excluding hydrogens is 381 g/mol. The number of hydrogen-bond donors (Lipinski definition) is 2.